The minimum absolute atomic E-state index is 0.332. The van der Waals surface area contributed by atoms with E-state index in [1.807, 2.05) is 49.2 Å². The van der Waals surface area contributed by atoms with Gasteiger partial charge in [0, 0.05) is 17.6 Å². The van der Waals surface area contributed by atoms with Crippen molar-refractivity contribution in [2.45, 2.75) is 12.6 Å². The number of hydrogen-bond donors (Lipinski definition) is 0. The summed E-state index contributed by atoms with van der Waals surface area (Å²) in [4.78, 5) is 14.2. The second-order valence-corrected chi connectivity index (χ2v) is 5.40. The fourth-order valence-corrected chi connectivity index (χ4v) is 2.66. The molecule has 3 rings (SSSR count). The summed E-state index contributed by atoms with van der Waals surface area (Å²) in [6.45, 7) is 1.88. The lowest BCUT2D eigenvalue weighted by Crippen LogP contribution is -2.49. The molecule has 1 aliphatic heterocycles. The van der Waals surface area contributed by atoms with Crippen LogP contribution in [0.4, 0.5) is 5.69 Å². The molecule has 102 valence electrons. The molecule has 0 fully saturated rings. The van der Waals surface area contributed by atoms with Gasteiger partial charge in [-0.2, -0.15) is 0 Å². The maximum absolute atomic E-state index is 12.2. The number of carbonyl (C=O) groups excluding carboxylic acids is 1. The number of hydrogen-bond acceptors (Lipinski definition) is 3. The van der Waals surface area contributed by atoms with Crippen LogP contribution in [0.2, 0.25) is 5.02 Å². The summed E-state index contributed by atoms with van der Waals surface area (Å²) in [6, 6.07) is 14.9. The number of rotatable bonds is 1. The standard InChI is InChI=1S/C16H14ClNO2/c1-16(11-6-4-3-5-7-11)18(2)14-10-12(17)8-9-13(14)15(19)20-16/h3-10H,1-2H3/t16-/m1/s1. The molecule has 0 amide bonds. The summed E-state index contributed by atoms with van der Waals surface area (Å²) in [6.07, 6.45) is 0. The second-order valence-electron chi connectivity index (χ2n) is 4.96. The molecule has 20 heavy (non-hydrogen) atoms. The first-order valence-corrected chi connectivity index (χ1v) is 6.72. The molecule has 0 bridgehead atoms. The second kappa shape index (κ2) is 4.53. The fraction of sp³-hybridized carbons (Fsp3) is 0.188. The molecule has 0 aromatic heterocycles. The van der Waals surface area contributed by atoms with Crippen LogP contribution in [0.15, 0.2) is 48.5 Å². The number of cyclic esters (lactones) is 1. The molecule has 0 radical (unpaired) electrons. The zero-order valence-electron chi connectivity index (χ0n) is 11.3. The molecule has 0 saturated carbocycles. The Morgan fingerprint density at radius 1 is 1.15 bits per heavy atom. The van der Waals surface area contributed by atoms with Gasteiger partial charge >= 0.3 is 5.97 Å². The number of ether oxygens (including phenoxy) is 1. The van der Waals surface area contributed by atoms with Gasteiger partial charge in [-0.15, -0.1) is 0 Å². The molecule has 0 unspecified atom stereocenters. The fourth-order valence-electron chi connectivity index (χ4n) is 2.49. The molecule has 0 aliphatic carbocycles. The van der Waals surface area contributed by atoms with Crippen LogP contribution >= 0.6 is 11.6 Å². The van der Waals surface area contributed by atoms with Crippen molar-refractivity contribution in [2.75, 3.05) is 11.9 Å². The van der Waals surface area contributed by atoms with Crippen LogP contribution in [-0.4, -0.2) is 13.0 Å². The van der Waals surface area contributed by atoms with E-state index in [9.17, 15) is 4.79 Å². The lowest BCUT2D eigenvalue weighted by molar-refractivity contribution is -0.0165. The van der Waals surface area contributed by atoms with Crippen molar-refractivity contribution in [2.24, 2.45) is 0 Å². The Balaban J connectivity index is 2.16. The normalized spacial score (nSPS) is 21.4. The first-order chi connectivity index (χ1) is 9.52. The molecule has 1 heterocycles. The van der Waals surface area contributed by atoms with Crippen molar-refractivity contribution in [1.29, 1.82) is 0 Å². The number of esters is 1. The summed E-state index contributed by atoms with van der Waals surface area (Å²) >= 11 is 6.05. The first kappa shape index (κ1) is 13.0. The van der Waals surface area contributed by atoms with Gasteiger partial charge in [-0.25, -0.2) is 4.79 Å². The number of carbonyl (C=O) groups is 1. The van der Waals surface area contributed by atoms with Crippen molar-refractivity contribution in [1.82, 2.24) is 0 Å². The maximum atomic E-state index is 12.2. The van der Waals surface area contributed by atoms with Crippen molar-refractivity contribution in [3.63, 3.8) is 0 Å². The van der Waals surface area contributed by atoms with Crippen LogP contribution in [0.25, 0.3) is 0 Å². The molecule has 4 heteroatoms. The summed E-state index contributed by atoms with van der Waals surface area (Å²) in [5, 5.41) is 0.598. The maximum Gasteiger partial charge on any atom is 0.342 e. The third kappa shape index (κ3) is 1.86. The minimum atomic E-state index is -0.837. The number of halogens is 1. The van der Waals surface area contributed by atoms with Crippen LogP contribution in [0.1, 0.15) is 22.8 Å². The molecule has 1 atom stereocenters. The first-order valence-electron chi connectivity index (χ1n) is 6.34. The van der Waals surface area contributed by atoms with Gasteiger partial charge in [0.05, 0.1) is 11.3 Å². The van der Waals surface area contributed by atoms with Gasteiger partial charge in [0.2, 0.25) is 5.72 Å². The Morgan fingerprint density at radius 2 is 1.85 bits per heavy atom. The molecule has 3 nitrogen and oxygen atoms in total. The van der Waals surface area contributed by atoms with Gasteiger partial charge in [-0.3, -0.25) is 0 Å². The molecular formula is C16H14ClNO2. The average Bonchev–Trinajstić information content (AvgIpc) is 2.46. The van der Waals surface area contributed by atoms with Crippen LogP contribution < -0.4 is 4.90 Å². The van der Waals surface area contributed by atoms with Crippen molar-refractivity contribution in [3.05, 3.63) is 64.7 Å². The molecule has 0 saturated heterocycles. The Bertz CT molecular complexity index is 671. The van der Waals surface area contributed by atoms with Crippen LogP contribution in [-0.2, 0) is 10.5 Å². The predicted molar refractivity (Wildman–Crippen MR) is 79.1 cm³/mol. The van der Waals surface area contributed by atoms with E-state index >= 15 is 0 Å². The zero-order valence-corrected chi connectivity index (χ0v) is 12.0. The zero-order chi connectivity index (χ0) is 14.3. The molecule has 1 aliphatic rings. The SMILES string of the molecule is CN1c2cc(Cl)ccc2C(=O)O[C@]1(C)c1ccccc1. The molecule has 0 N–H and O–H groups in total. The molecule has 2 aromatic carbocycles. The number of nitrogens with zero attached hydrogens (tertiary/aromatic N) is 1. The molecular weight excluding hydrogens is 274 g/mol. The van der Waals surface area contributed by atoms with E-state index in [2.05, 4.69) is 0 Å². The highest BCUT2D eigenvalue weighted by atomic mass is 35.5. The number of anilines is 1. The Hall–Kier alpha value is -2.00. The van der Waals surface area contributed by atoms with Gasteiger partial charge in [0.15, 0.2) is 0 Å². The number of fused-ring (bicyclic) bond motifs is 1. The largest absolute Gasteiger partial charge is 0.431 e. The highest BCUT2D eigenvalue weighted by Crippen LogP contribution is 2.40. The highest BCUT2D eigenvalue weighted by Gasteiger charge is 2.42. The van der Waals surface area contributed by atoms with Crippen LogP contribution in [0, 0.1) is 0 Å². The summed E-state index contributed by atoms with van der Waals surface area (Å²) < 4.78 is 5.68. The van der Waals surface area contributed by atoms with Gasteiger partial charge in [-0.1, -0.05) is 41.9 Å². The minimum Gasteiger partial charge on any atom is -0.431 e. The van der Waals surface area contributed by atoms with E-state index in [1.54, 1.807) is 18.2 Å². The predicted octanol–water partition coefficient (Wildman–Crippen LogP) is 3.82. The van der Waals surface area contributed by atoms with E-state index in [4.69, 9.17) is 16.3 Å². The van der Waals surface area contributed by atoms with Crippen LogP contribution in [0.5, 0.6) is 0 Å². The quantitative estimate of drug-likeness (QED) is 0.747. The van der Waals surface area contributed by atoms with E-state index < -0.39 is 5.72 Å². The Morgan fingerprint density at radius 3 is 2.55 bits per heavy atom. The Labute approximate surface area is 122 Å². The van der Waals surface area contributed by atoms with Gasteiger partial charge in [-0.05, 0) is 25.1 Å². The third-order valence-corrected chi connectivity index (χ3v) is 4.02. The van der Waals surface area contributed by atoms with Crippen molar-refractivity contribution < 1.29 is 9.53 Å². The van der Waals surface area contributed by atoms with Crippen LogP contribution in [0.3, 0.4) is 0 Å². The van der Waals surface area contributed by atoms with E-state index in [1.165, 1.54) is 0 Å². The molecule has 2 aromatic rings. The van der Waals surface area contributed by atoms with Gasteiger partial charge < -0.3 is 9.64 Å². The summed E-state index contributed by atoms with van der Waals surface area (Å²) in [5.41, 5.74) is 1.39. The van der Waals surface area contributed by atoms with Crippen molar-refractivity contribution in [3.8, 4) is 0 Å². The lowest BCUT2D eigenvalue weighted by atomic mass is 9.98. The van der Waals surface area contributed by atoms with Gasteiger partial charge in [0.1, 0.15) is 0 Å². The lowest BCUT2D eigenvalue weighted by Gasteiger charge is -2.43. The highest BCUT2D eigenvalue weighted by molar-refractivity contribution is 6.31. The average molecular weight is 288 g/mol. The Kier molecular flexibility index (Phi) is 2.94. The van der Waals surface area contributed by atoms with E-state index in [0.717, 1.165) is 11.3 Å². The monoisotopic (exact) mass is 287 g/mol. The topological polar surface area (TPSA) is 29.5 Å². The summed E-state index contributed by atoms with van der Waals surface area (Å²) in [7, 11) is 1.90. The van der Waals surface area contributed by atoms with Gasteiger partial charge in [0.25, 0.3) is 0 Å². The van der Waals surface area contributed by atoms with E-state index in [-0.39, 0.29) is 5.97 Å². The van der Waals surface area contributed by atoms with E-state index in [0.29, 0.717) is 10.6 Å². The summed E-state index contributed by atoms with van der Waals surface area (Å²) in [5.74, 6) is -0.332. The molecule has 0 spiro atoms. The smallest absolute Gasteiger partial charge is 0.342 e. The van der Waals surface area contributed by atoms with Crippen molar-refractivity contribution >= 4 is 23.3 Å². The third-order valence-electron chi connectivity index (χ3n) is 3.78. The number of benzene rings is 2.